The van der Waals surface area contributed by atoms with Gasteiger partial charge in [-0.05, 0) is 36.8 Å². The van der Waals surface area contributed by atoms with E-state index < -0.39 is 0 Å². The highest BCUT2D eigenvalue weighted by atomic mass is 35.5. The van der Waals surface area contributed by atoms with Gasteiger partial charge in [-0.1, -0.05) is 41.6 Å². The zero-order valence-corrected chi connectivity index (χ0v) is 16.1. The molecule has 4 rings (SSSR count). The van der Waals surface area contributed by atoms with Gasteiger partial charge in [0.25, 0.3) is 0 Å². The van der Waals surface area contributed by atoms with Crippen molar-refractivity contribution in [2.45, 2.75) is 23.3 Å². The van der Waals surface area contributed by atoms with Gasteiger partial charge < -0.3 is 9.67 Å². The van der Waals surface area contributed by atoms with Crippen LogP contribution < -0.4 is 0 Å². The smallest absolute Gasteiger partial charge is 0.0840 e. The quantitative estimate of drug-likeness (QED) is 0.541. The molecule has 0 spiro atoms. The molecule has 0 aliphatic rings. The Hall–Kier alpha value is -2.21. The molecule has 1 N–H and O–H groups in total. The summed E-state index contributed by atoms with van der Waals surface area (Å²) in [6.45, 7) is 2.15. The molecule has 0 aliphatic carbocycles. The predicted molar refractivity (Wildman–Crippen MR) is 106 cm³/mol. The third-order valence-corrected chi connectivity index (χ3v) is 5.80. The van der Waals surface area contributed by atoms with E-state index in [2.05, 4.69) is 28.7 Å². The van der Waals surface area contributed by atoms with Crippen molar-refractivity contribution in [2.24, 2.45) is 7.05 Å². The van der Waals surface area contributed by atoms with Crippen LogP contribution in [0.5, 0.6) is 0 Å². The molecule has 0 saturated heterocycles. The molecule has 6 heteroatoms. The summed E-state index contributed by atoms with van der Waals surface area (Å²) in [5.41, 5.74) is 4.11. The van der Waals surface area contributed by atoms with Gasteiger partial charge in [0.1, 0.15) is 0 Å². The van der Waals surface area contributed by atoms with Crippen molar-refractivity contribution in [3.8, 4) is 5.69 Å². The van der Waals surface area contributed by atoms with Crippen LogP contribution in [0.1, 0.15) is 11.3 Å². The SMILES string of the molecule is Cc1c(Sc2cccc(CO)c2)c2ccc(Cl)cc2n1-c1cnn(C)c1. The number of hydrogen-bond donors (Lipinski definition) is 1. The van der Waals surface area contributed by atoms with Crippen molar-refractivity contribution in [1.29, 1.82) is 0 Å². The lowest BCUT2D eigenvalue weighted by atomic mass is 10.2. The summed E-state index contributed by atoms with van der Waals surface area (Å²) >= 11 is 7.98. The zero-order valence-electron chi connectivity index (χ0n) is 14.5. The van der Waals surface area contributed by atoms with Crippen molar-refractivity contribution in [3.63, 3.8) is 0 Å². The molecule has 132 valence electrons. The third kappa shape index (κ3) is 3.03. The van der Waals surface area contributed by atoms with Gasteiger partial charge in [-0.15, -0.1) is 0 Å². The molecular weight excluding hydrogens is 366 g/mol. The molecule has 0 aliphatic heterocycles. The maximum atomic E-state index is 9.40. The first-order chi connectivity index (χ1) is 12.6. The topological polar surface area (TPSA) is 43.0 Å². The lowest BCUT2D eigenvalue weighted by molar-refractivity contribution is 0.281. The Morgan fingerprint density at radius 1 is 1.19 bits per heavy atom. The van der Waals surface area contributed by atoms with Crippen molar-refractivity contribution in [3.05, 3.63) is 71.1 Å². The predicted octanol–water partition coefficient (Wildman–Crippen LogP) is 4.97. The Morgan fingerprint density at radius 3 is 2.77 bits per heavy atom. The number of aryl methyl sites for hydroxylation is 1. The molecule has 0 bridgehead atoms. The first kappa shape index (κ1) is 17.2. The van der Waals surface area contributed by atoms with Crippen molar-refractivity contribution in [1.82, 2.24) is 14.3 Å². The van der Waals surface area contributed by atoms with E-state index in [0.29, 0.717) is 5.02 Å². The van der Waals surface area contributed by atoms with E-state index >= 15 is 0 Å². The van der Waals surface area contributed by atoms with E-state index in [1.54, 1.807) is 16.4 Å². The number of benzene rings is 2. The fourth-order valence-corrected chi connectivity index (χ4v) is 4.45. The molecule has 26 heavy (non-hydrogen) atoms. The largest absolute Gasteiger partial charge is 0.392 e. The zero-order chi connectivity index (χ0) is 18.3. The molecule has 2 heterocycles. The first-order valence-electron chi connectivity index (χ1n) is 8.24. The fraction of sp³-hybridized carbons (Fsp3) is 0.150. The minimum absolute atomic E-state index is 0.0421. The summed E-state index contributed by atoms with van der Waals surface area (Å²) in [6.07, 6.45) is 3.85. The molecule has 0 amide bonds. The van der Waals surface area contributed by atoms with Crippen molar-refractivity contribution >= 4 is 34.3 Å². The number of aliphatic hydroxyl groups is 1. The summed E-state index contributed by atoms with van der Waals surface area (Å²) in [6, 6.07) is 14.0. The van der Waals surface area contributed by atoms with Crippen LogP contribution in [0.25, 0.3) is 16.6 Å². The highest BCUT2D eigenvalue weighted by Crippen LogP contribution is 2.40. The summed E-state index contributed by atoms with van der Waals surface area (Å²) in [7, 11) is 1.91. The second-order valence-electron chi connectivity index (χ2n) is 6.19. The van der Waals surface area contributed by atoms with Crippen LogP contribution in [0.3, 0.4) is 0 Å². The Labute approximate surface area is 161 Å². The number of aromatic nitrogens is 3. The van der Waals surface area contributed by atoms with Crippen LogP contribution >= 0.6 is 23.4 Å². The molecular formula is C20H18ClN3OS. The van der Waals surface area contributed by atoms with Gasteiger partial charge >= 0.3 is 0 Å². The monoisotopic (exact) mass is 383 g/mol. The van der Waals surface area contributed by atoms with Gasteiger partial charge in [-0.3, -0.25) is 4.68 Å². The van der Waals surface area contributed by atoms with E-state index in [4.69, 9.17) is 11.6 Å². The lowest BCUT2D eigenvalue weighted by Crippen LogP contribution is -1.95. The summed E-state index contributed by atoms with van der Waals surface area (Å²) in [5, 5.41) is 15.6. The number of rotatable bonds is 4. The second kappa shape index (κ2) is 6.83. The number of fused-ring (bicyclic) bond motifs is 1. The summed E-state index contributed by atoms with van der Waals surface area (Å²) in [4.78, 5) is 2.27. The molecule has 2 aromatic carbocycles. The van der Waals surface area contributed by atoms with Crippen LogP contribution in [0.15, 0.2) is 64.6 Å². The van der Waals surface area contributed by atoms with Crippen molar-refractivity contribution < 1.29 is 5.11 Å². The van der Waals surface area contributed by atoms with Gasteiger partial charge in [0.15, 0.2) is 0 Å². The minimum atomic E-state index is 0.0421. The van der Waals surface area contributed by atoms with Crippen LogP contribution in [0.4, 0.5) is 0 Å². The van der Waals surface area contributed by atoms with Crippen LogP contribution in [-0.2, 0) is 13.7 Å². The van der Waals surface area contributed by atoms with Crippen LogP contribution in [-0.4, -0.2) is 19.5 Å². The Kier molecular flexibility index (Phi) is 4.53. The average molecular weight is 384 g/mol. The Bertz CT molecular complexity index is 1100. The molecule has 0 radical (unpaired) electrons. The third-order valence-electron chi connectivity index (χ3n) is 4.36. The minimum Gasteiger partial charge on any atom is -0.392 e. The number of aliphatic hydroxyl groups excluding tert-OH is 1. The fourth-order valence-electron chi connectivity index (χ4n) is 3.17. The molecule has 4 aromatic rings. The van der Waals surface area contributed by atoms with E-state index in [1.807, 2.05) is 49.8 Å². The van der Waals surface area contributed by atoms with Gasteiger partial charge in [-0.25, -0.2) is 0 Å². The maximum absolute atomic E-state index is 9.40. The maximum Gasteiger partial charge on any atom is 0.0840 e. The number of hydrogen-bond acceptors (Lipinski definition) is 3. The Balaban J connectivity index is 1.90. The van der Waals surface area contributed by atoms with Gasteiger partial charge in [0.2, 0.25) is 0 Å². The first-order valence-corrected chi connectivity index (χ1v) is 9.43. The Morgan fingerprint density at radius 2 is 2.04 bits per heavy atom. The van der Waals surface area contributed by atoms with Gasteiger partial charge in [0.05, 0.1) is 24.0 Å². The van der Waals surface area contributed by atoms with E-state index in [9.17, 15) is 5.11 Å². The molecule has 0 atom stereocenters. The standard InChI is InChI=1S/C20H18ClN3OS/c1-13-20(26-17-5-3-4-14(8-17)12-25)18-7-6-15(21)9-19(18)24(13)16-10-22-23(2)11-16/h3-11,25H,12H2,1-2H3. The molecule has 0 unspecified atom stereocenters. The van der Waals surface area contributed by atoms with E-state index in [1.165, 1.54) is 4.90 Å². The molecule has 2 aromatic heterocycles. The summed E-state index contributed by atoms with van der Waals surface area (Å²) in [5.74, 6) is 0. The van der Waals surface area contributed by atoms with Crippen LogP contribution in [0.2, 0.25) is 5.02 Å². The lowest BCUT2D eigenvalue weighted by Gasteiger charge is -2.06. The van der Waals surface area contributed by atoms with Gasteiger partial charge in [0, 0.05) is 39.1 Å². The van der Waals surface area contributed by atoms with E-state index in [0.717, 1.165) is 32.7 Å². The van der Waals surface area contributed by atoms with E-state index in [-0.39, 0.29) is 6.61 Å². The summed E-state index contributed by atoms with van der Waals surface area (Å²) < 4.78 is 3.98. The molecule has 0 fully saturated rings. The van der Waals surface area contributed by atoms with Gasteiger partial charge in [-0.2, -0.15) is 5.10 Å². The van der Waals surface area contributed by atoms with Crippen LogP contribution in [0, 0.1) is 6.92 Å². The normalized spacial score (nSPS) is 11.4. The molecule has 4 nitrogen and oxygen atoms in total. The highest BCUT2D eigenvalue weighted by Gasteiger charge is 2.17. The molecule has 0 saturated carbocycles. The second-order valence-corrected chi connectivity index (χ2v) is 7.71. The van der Waals surface area contributed by atoms with Crippen molar-refractivity contribution in [2.75, 3.05) is 0 Å². The number of halogens is 1. The average Bonchev–Trinajstić information content (AvgIpc) is 3.16. The highest BCUT2D eigenvalue weighted by molar-refractivity contribution is 7.99. The number of nitrogens with zero attached hydrogens (tertiary/aromatic N) is 3.